The quantitative estimate of drug-likeness (QED) is 0.250. The number of thiophene rings is 1. The molecule has 1 saturated carbocycles. The van der Waals surface area contributed by atoms with Crippen molar-refractivity contribution in [1.82, 2.24) is 5.43 Å². The first kappa shape index (κ1) is 17.8. The second-order valence-corrected chi connectivity index (χ2v) is 7.86. The van der Waals surface area contributed by atoms with E-state index in [0.717, 1.165) is 18.1 Å². The lowest BCUT2D eigenvalue weighted by molar-refractivity contribution is 0.306. The van der Waals surface area contributed by atoms with Crippen molar-refractivity contribution < 1.29 is 4.74 Å². The van der Waals surface area contributed by atoms with Gasteiger partial charge in [-0.25, -0.2) is 5.84 Å². The number of benzene rings is 2. The molecule has 4 rings (SSSR count). The molecule has 140 valence electrons. The van der Waals surface area contributed by atoms with Crippen LogP contribution in [0.1, 0.15) is 41.9 Å². The highest BCUT2D eigenvalue weighted by Gasteiger charge is 2.26. The average Bonchev–Trinajstić information content (AvgIpc) is 3.47. The molecule has 0 aliphatic heterocycles. The van der Waals surface area contributed by atoms with Crippen LogP contribution in [0, 0.1) is 0 Å². The van der Waals surface area contributed by atoms with E-state index in [1.807, 2.05) is 23.5 Å². The fourth-order valence-corrected chi connectivity index (χ4v) is 4.28. The van der Waals surface area contributed by atoms with E-state index < -0.39 is 0 Å². The lowest BCUT2D eigenvalue weighted by Gasteiger charge is -2.09. The van der Waals surface area contributed by atoms with Gasteiger partial charge in [0, 0.05) is 11.1 Å². The average molecular weight is 381 g/mol. The summed E-state index contributed by atoms with van der Waals surface area (Å²) in [5.41, 5.74) is 6.42. The molecule has 27 heavy (non-hydrogen) atoms. The van der Waals surface area contributed by atoms with Crippen LogP contribution in [0.5, 0.6) is 5.75 Å². The van der Waals surface area contributed by atoms with Gasteiger partial charge in [-0.2, -0.15) is 5.10 Å². The van der Waals surface area contributed by atoms with Gasteiger partial charge >= 0.3 is 0 Å². The van der Waals surface area contributed by atoms with Crippen LogP contribution in [-0.4, -0.2) is 5.84 Å². The van der Waals surface area contributed by atoms with Crippen LogP contribution in [0.25, 0.3) is 10.1 Å². The van der Waals surface area contributed by atoms with Crippen LogP contribution in [-0.2, 0) is 13.0 Å². The van der Waals surface area contributed by atoms with Crippen molar-refractivity contribution in [3.63, 3.8) is 0 Å². The third-order valence-corrected chi connectivity index (χ3v) is 5.97. The fraction of sp³-hybridized carbons (Fsp3) is 0.286. The largest absolute Gasteiger partial charge is 0.489 e. The van der Waals surface area contributed by atoms with Gasteiger partial charge in [-0.15, -0.1) is 11.3 Å². The minimum Gasteiger partial charge on any atom is -0.489 e. The first-order chi connectivity index (χ1) is 13.3. The fourth-order valence-electron chi connectivity index (χ4n) is 3.25. The third-order valence-electron chi connectivity index (χ3n) is 4.99. The van der Waals surface area contributed by atoms with Crippen LogP contribution in [0.4, 0.5) is 0 Å². The summed E-state index contributed by atoms with van der Waals surface area (Å²) in [5.74, 6) is 12.8. The smallest absolute Gasteiger partial charge is 0.136 e. The number of hydrogen-bond acceptors (Lipinski definition) is 5. The minimum atomic E-state index is 0.580. The zero-order chi connectivity index (χ0) is 18.6. The molecule has 5 N–H and O–H groups in total. The van der Waals surface area contributed by atoms with E-state index >= 15 is 0 Å². The van der Waals surface area contributed by atoms with Crippen molar-refractivity contribution in [2.45, 2.75) is 38.2 Å². The monoisotopic (exact) mass is 380 g/mol. The normalized spacial score (nSPS) is 14.5. The number of hydrazone groups is 1. The Hall–Kier alpha value is -2.57. The van der Waals surface area contributed by atoms with Gasteiger partial charge in [0.1, 0.15) is 18.2 Å². The summed E-state index contributed by atoms with van der Waals surface area (Å²) in [5, 5.41) is 7.33. The molecule has 1 aromatic heterocycles. The summed E-state index contributed by atoms with van der Waals surface area (Å²) >= 11 is 1.85. The van der Waals surface area contributed by atoms with Gasteiger partial charge in [0.25, 0.3) is 0 Å². The first-order valence-electron chi connectivity index (χ1n) is 9.22. The summed E-state index contributed by atoms with van der Waals surface area (Å²) in [6.07, 6.45) is 4.16. The highest BCUT2D eigenvalue weighted by Crippen LogP contribution is 2.45. The number of nitrogens with two attached hydrogens (primary N) is 2. The second-order valence-electron chi connectivity index (χ2n) is 6.95. The van der Waals surface area contributed by atoms with E-state index in [2.05, 4.69) is 46.2 Å². The van der Waals surface area contributed by atoms with Gasteiger partial charge in [0.2, 0.25) is 0 Å². The Morgan fingerprint density at radius 2 is 1.93 bits per heavy atom. The molecule has 0 unspecified atom stereocenters. The predicted octanol–water partition coefficient (Wildman–Crippen LogP) is 4.03. The molecular formula is C21H24N4OS. The lowest BCUT2D eigenvalue weighted by Crippen LogP contribution is -2.31. The third kappa shape index (κ3) is 4.23. The summed E-state index contributed by atoms with van der Waals surface area (Å²) in [6, 6.07) is 14.8. The molecule has 0 atom stereocenters. The van der Waals surface area contributed by atoms with Crippen molar-refractivity contribution in [2.75, 3.05) is 0 Å². The van der Waals surface area contributed by atoms with Gasteiger partial charge in [-0.3, -0.25) is 0 Å². The van der Waals surface area contributed by atoms with E-state index in [-0.39, 0.29) is 0 Å². The number of nitrogens with zero attached hydrogens (tertiary/aromatic N) is 1. The number of nitrogens with one attached hydrogen (secondary N) is 1. The predicted molar refractivity (Wildman–Crippen MR) is 112 cm³/mol. The van der Waals surface area contributed by atoms with E-state index in [1.54, 1.807) is 0 Å². The second kappa shape index (κ2) is 7.98. The highest BCUT2D eigenvalue weighted by atomic mass is 32.1. The summed E-state index contributed by atoms with van der Waals surface area (Å²) in [4.78, 5) is 0. The molecule has 1 fully saturated rings. The van der Waals surface area contributed by atoms with Gasteiger partial charge in [0.15, 0.2) is 0 Å². The summed E-state index contributed by atoms with van der Waals surface area (Å²) in [7, 11) is 0. The van der Waals surface area contributed by atoms with Gasteiger partial charge in [-0.05, 0) is 76.9 Å². The van der Waals surface area contributed by atoms with Crippen LogP contribution < -0.4 is 21.8 Å². The van der Waals surface area contributed by atoms with E-state index in [0.29, 0.717) is 18.9 Å². The molecule has 6 heteroatoms. The number of amidine groups is 1. The maximum Gasteiger partial charge on any atom is 0.136 e. The molecule has 0 amide bonds. The summed E-state index contributed by atoms with van der Waals surface area (Å²) < 4.78 is 7.36. The van der Waals surface area contributed by atoms with Crippen LogP contribution in [0.3, 0.4) is 0 Å². The Balaban J connectivity index is 1.37. The van der Waals surface area contributed by atoms with Crippen LogP contribution in [0.2, 0.25) is 0 Å². The number of hydrogen-bond donors (Lipinski definition) is 3. The minimum absolute atomic E-state index is 0.580. The molecule has 1 heterocycles. The molecule has 2 aromatic carbocycles. The molecule has 1 aliphatic rings. The van der Waals surface area contributed by atoms with Crippen molar-refractivity contribution in [3.8, 4) is 5.75 Å². The maximum absolute atomic E-state index is 5.98. The molecule has 1 aliphatic carbocycles. The number of hydrazine groups is 1. The molecule has 0 spiro atoms. The number of aryl methyl sites for hydroxylation is 1. The van der Waals surface area contributed by atoms with Gasteiger partial charge in [0.05, 0.1) is 0 Å². The number of rotatable bonds is 7. The van der Waals surface area contributed by atoms with E-state index in [4.69, 9.17) is 16.4 Å². The van der Waals surface area contributed by atoms with E-state index in [1.165, 1.54) is 39.6 Å². The molecule has 5 nitrogen and oxygen atoms in total. The maximum atomic E-state index is 5.98. The molecule has 0 radical (unpaired) electrons. The Labute approximate surface area is 163 Å². The summed E-state index contributed by atoms with van der Waals surface area (Å²) in [6.45, 7) is 0.580. The topological polar surface area (TPSA) is 85.7 Å². The Morgan fingerprint density at radius 3 is 2.63 bits per heavy atom. The van der Waals surface area contributed by atoms with Crippen molar-refractivity contribution in [2.24, 2.45) is 16.8 Å². The molecular weight excluding hydrogens is 356 g/mol. The molecule has 0 bridgehead atoms. The van der Waals surface area contributed by atoms with Crippen molar-refractivity contribution in [3.05, 3.63) is 64.5 Å². The van der Waals surface area contributed by atoms with Crippen LogP contribution in [0.15, 0.2) is 52.9 Å². The van der Waals surface area contributed by atoms with Gasteiger partial charge < -0.3 is 16.0 Å². The highest BCUT2D eigenvalue weighted by molar-refractivity contribution is 7.17. The molecule has 3 aromatic rings. The number of fused-ring (bicyclic) bond motifs is 1. The molecule has 0 saturated heterocycles. The zero-order valence-electron chi connectivity index (χ0n) is 15.2. The Bertz CT molecular complexity index is 944. The Kier molecular flexibility index (Phi) is 5.27. The van der Waals surface area contributed by atoms with Crippen LogP contribution >= 0.6 is 11.3 Å². The zero-order valence-corrected chi connectivity index (χ0v) is 16.0. The lowest BCUT2D eigenvalue weighted by atomic mass is 10.1. The number of ether oxygens (including phenoxy) is 1. The van der Waals surface area contributed by atoms with Crippen molar-refractivity contribution >= 4 is 27.3 Å². The van der Waals surface area contributed by atoms with Crippen molar-refractivity contribution in [1.29, 1.82) is 0 Å². The standard InChI is InChI=1S/C21H24N4OS/c22-24-21(25-23)10-4-14-1-7-17(8-2-14)26-12-15-3-9-20-18(11-15)19(13-27-20)16-5-6-16/h1-3,7-9,11,13,16H,4-6,10,12,22-23H2,(H,24,25). The first-order valence-corrected chi connectivity index (χ1v) is 10.1. The Morgan fingerprint density at radius 1 is 1.15 bits per heavy atom. The SMILES string of the molecule is N/N=C(/CCc1ccc(OCc2ccc3scc(C4CC4)c3c2)cc1)NN. The van der Waals surface area contributed by atoms with Gasteiger partial charge in [-0.1, -0.05) is 18.2 Å². The van der Waals surface area contributed by atoms with E-state index in [9.17, 15) is 0 Å².